The van der Waals surface area contributed by atoms with Crippen molar-refractivity contribution in [3.8, 4) is 5.75 Å². The number of aromatic amines is 1. The summed E-state index contributed by atoms with van der Waals surface area (Å²) >= 11 is 0. The van der Waals surface area contributed by atoms with Crippen molar-refractivity contribution in [3.05, 3.63) is 42.0 Å². The second kappa shape index (κ2) is 6.79. The predicted octanol–water partition coefficient (Wildman–Crippen LogP) is 1.74. The van der Waals surface area contributed by atoms with E-state index in [1.807, 2.05) is 0 Å². The molecular formula is C12H14F2N4O. The van der Waals surface area contributed by atoms with Crippen molar-refractivity contribution >= 4 is 0 Å². The lowest BCUT2D eigenvalue weighted by molar-refractivity contribution is -0.0498. The highest BCUT2D eigenvalue weighted by Crippen LogP contribution is 2.14. The molecule has 2 aromatic rings. The topological polar surface area (TPSA) is 62.8 Å². The van der Waals surface area contributed by atoms with Crippen LogP contribution in [0, 0.1) is 0 Å². The molecule has 1 aromatic heterocycles. The molecule has 0 bridgehead atoms. The molecule has 0 radical (unpaired) electrons. The molecule has 0 amide bonds. The second-order valence-electron chi connectivity index (χ2n) is 3.88. The van der Waals surface area contributed by atoms with E-state index in [1.165, 1.54) is 18.5 Å². The quantitative estimate of drug-likeness (QED) is 0.751. The molecule has 0 aliphatic carbocycles. The lowest BCUT2D eigenvalue weighted by Gasteiger charge is -2.06. The lowest BCUT2D eigenvalue weighted by atomic mass is 10.2. The number of rotatable bonds is 7. The van der Waals surface area contributed by atoms with Gasteiger partial charge in [0.05, 0.1) is 0 Å². The molecule has 0 atom stereocenters. The summed E-state index contributed by atoms with van der Waals surface area (Å²) in [6.45, 7) is -1.38. The Bertz CT molecular complexity index is 473. The second-order valence-corrected chi connectivity index (χ2v) is 3.88. The molecule has 0 saturated heterocycles. The van der Waals surface area contributed by atoms with Gasteiger partial charge in [0.25, 0.3) is 0 Å². The summed E-state index contributed by atoms with van der Waals surface area (Å²) in [6.07, 6.45) is 2.23. The highest BCUT2D eigenvalue weighted by molar-refractivity contribution is 5.27. The van der Waals surface area contributed by atoms with Gasteiger partial charge in [-0.1, -0.05) is 12.1 Å². The zero-order chi connectivity index (χ0) is 13.5. The van der Waals surface area contributed by atoms with E-state index >= 15 is 0 Å². The summed E-state index contributed by atoms with van der Waals surface area (Å²) in [5.74, 6) is 0.994. The van der Waals surface area contributed by atoms with Crippen LogP contribution in [-0.4, -0.2) is 28.3 Å². The van der Waals surface area contributed by atoms with E-state index in [9.17, 15) is 8.78 Å². The zero-order valence-electron chi connectivity index (χ0n) is 10.1. The fourth-order valence-corrected chi connectivity index (χ4v) is 1.58. The fraction of sp³-hybridized carbons (Fsp3) is 0.333. The Balaban J connectivity index is 1.71. The van der Waals surface area contributed by atoms with Crippen molar-refractivity contribution < 1.29 is 13.5 Å². The Labute approximate surface area is 109 Å². The average Bonchev–Trinajstić information content (AvgIpc) is 2.89. The van der Waals surface area contributed by atoms with E-state index in [1.54, 1.807) is 12.1 Å². The van der Waals surface area contributed by atoms with Gasteiger partial charge in [-0.25, -0.2) is 4.98 Å². The minimum Gasteiger partial charge on any atom is -0.435 e. The minimum atomic E-state index is -2.79. The van der Waals surface area contributed by atoms with Gasteiger partial charge in [0.15, 0.2) is 0 Å². The molecular weight excluding hydrogens is 254 g/mol. The molecule has 2 N–H and O–H groups in total. The van der Waals surface area contributed by atoms with Gasteiger partial charge in [-0.3, -0.25) is 5.10 Å². The minimum absolute atomic E-state index is 0.167. The van der Waals surface area contributed by atoms with E-state index in [0.29, 0.717) is 6.54 Å². The van der Waals surface area contributed by atoms with Crippen molar-refractivity contribution in [1.82, 2.24) is 20.5 Å². The van der Waals surface area contributed by atoms with Crippen LogP contribution in [0.4, 0.5) is 8.78 Å². The normalized spacial score (nSPS) is 10.9. The Hall–Kier alpha value is -2.02. The number of benzene rings is 1. The first-order valence-corrected chi connectivity index (χ1v) is 5.83. The van der Waals surface area contributed by atoms with Gasteiger partial charge in [-0.05, 0) is 17.7 Å². The molecule has 0 aliphatic heterocycles. The first-order valence-electron chi connectivity index (χ1n) is 5.83. The van der Waals surface area contributed by atoms with Crippen LogP contribution in [0.15, 0.2) is 30.6 Å². The molecule has 0 fully saturated rings. The van der Waals surface area contributed by atoms with Crippen LogP contribution in [0.2, 0.25) is 0 Å². The van der Waals surface area contributed by atoms with Gasteiger partial charge < -0.3 is 10.1 Å². The van der Waals surface area contributed by atoms with Crippen molar-refractivity contribution in [3.63, 3.8) is 0 Å². The number of alkyl halides is 2. The Kier molecular flexibility index (Phi) is 4.79. The third-order valence-corrected chi connectivity index (χ3v) is 2.48. The molecule has 7 heteroatoms. The largest absolute Gasteiger partial charge is 0.435 e. The number of hydrogen-bond donors (Lipinski definition) is 2. The fourth-order valence-electron chi connectivity index (χ4n) is 1.58. The smallest absolute Gasteiger partial charge is 0.387 e. The van der Waals surface area contributed by atoms with Gasteiger partial charge in [0.1, 0.15) is 17.9 Å². The Morgan fingerprint density at radius 3 is 2.68 bits per heavy atom. The summed E-state index contributed by atoms with van der Waals surface area (Å²) in [7, 11) is 0. The third-order valence-electron chi connectivity index (χ3n) is 2.48. The maximum atomic E-state index is 12.0. The highest BCUT2D eigenvalue weighted by Gasteiger charge is 2.03. The summed E-state index contributed by atoms with van der Waals surface area (Å²) in [5.41, 5.74) is 0.999. The Morgan fingerprint density at radius 2 is 2.05 bits per heavy atom. The first-order chi connectivity index (χ1) is 9.24. The lowest BCUT2D eigenvalue weighted by Crippen LogP contribution is -2.17. The van der Waals surface area contributed by atoms with Crippen LogP contribution in [0.25, 0.3) is 0 Å². The van der Waals surface area contributed by atoms with Gasteiger partial charge in [0.2, 0.25) is 0 Å². The van der Waals surface area contributed by atoms with Crippen LogP contribution in [0.1, 0.15) is 11.4 Å². The van der Waals surface area contributed by atoms with Crippen LogP contribution in [0.3, 0.4) is 0 Å². The standard InChI is InChI=1S/C12H14F2N4O/c13-12(14)19-10-3-1-9(2-4-10)7-15-6-5-11-16-8-17-18-11/h1-4,8,12,15H,5-7H2,(H,16,17,18). The SMILES string of the molecule is FC(F)Oc1ccc(CNCCc2ncn[nH]2)cc1. The molecule has 0 aliphatic rings. The molecule has 19 heavy (non-hydrogen) atoms. The summed E-state index contributed by atoms with van der Waals surface area (Å²) < 4.78 is 28.2. The molecule has 2 rings (SSSR count). The molecule has 1 aromatic carbocycles. The molecule has 0 spiro atoms. The van der Waals surface area contributed by atoms with Crippen LogP contribution in [0.5, 0.6) is 5.75 Å². The van der Waals surface area contributed by atoms with E-state index in [4.69, 9.17) is 0 Å². The zero-order valence-corrected chi connectivity index (χ0v) is 10.1. The van der Waals surface area contributed by atoms with Crippen LogP contribution < -0.4 is 10.1 Å². The van der Waals surface area contributed by atoms with Gasteiger partial charge in [0, 0.05) is 19.5 Å². The predicted molar refractivity (Wildman–Crippen MR) is 64.9 cm³/mol. The van der Waals surface area contributed by atoms with E-state index in [0.717, 1.165) is 24.4 Å². The van der Waals surface area contributed by atoms with Crippen LogP contribution in [-0.2, 0) is 13.0 Å². The summed E-state index contributed by atoms with van der Waals surface area (Å²) in [5, 5.41) is 9.75. The monoisotopic (exact) mass is 268 g/mol. The van der Waals surface area contributed by atoms with E-state index < -0.39 is 6.61 Å². The number of nitrogens with zero attached hydrogens (tertiary/aromatic N) is 2. The van der Waals surface area contributed by atoms with E-state index in [2.05, 4.69) is 25.2 Å². The molecule has 1 heterocycles. The van der Waals surface area contributed by atoms with Crippen LogP contribution >= 0.6 is 0 Å². The Morgan fingerprint density at radius 1 is 1.26 bits per heavy atom. The number of aromatic nitrogens is 3. The number of H-pyrrole nitrogens is 1. The molecule has 5 nitrogen and oxygen atoms in total. The summed E-state index contributed by atoms with van der Waals surface area (Å²) in [6, 6.07) is 6.55. The maximum Gasteiger partial charge on any atom is 0.387 e. The molecule has 0 unspecified atom stereocenters. The van der Waals surface area contributed by atoms with Gasteiger partial charge >= 0.3 is 6.61 Å². The van der Waals surface area contributed by atoms with E-state index in [-0.39, 0.29) is 5.75 Å². The average molecular weight is 268 g/mol. The van der Waals surface area contributed by atoms with Crippen molar-refractivity contribution in [1.29, 1.82) is 0 Å². The third kappa shape index (κ3) is 4.63. The van der Waals surface area contributed by atoms with Crippen molar-refractivity contribution in [2.45, 2.75) is 19.6 Å². The molecule has 102 valence electrons. The van der Waals surface area contributed by atoms with Crippen molar-refractivity contribution in [2.24, 2.45) is 0 Å². The number of halogens is 2. The van der Waals surface area contributed by atoms with Gasteiger partial charge in [-0.2, -0.15) is 13.9 Å². The summed E-state index contributed by atoms with van der Waals surface area (Å²) in [4.78, 5) is 4.01. The highest BCUT2D eigenvalue weighted by atomic mass is 19.3. The van der Waals surface area contributed by atoms with Gasteiger partial charge in [-0.15, -0.1) is 0 Å². The molecule has 0 saturated carbocycles. The number of hydrogen-bond acceptors (Lipinski definition) is 4. The number of ether oxygens (including phenoxy) is 1. The number of nitrogens with one attached hydrogen (secondary N) is 2. The van der Waals surface area contributed by atoms with Crippen molar-refractivity contribution in [2.75, 3.05) is 6.54 Å². The maximum absolute atomic E-state index is 12.0. The first kappa shape index (κ1) is 13.4.